The van der Waals surface area contributed by atoms with Gasteiger partial charge >= 0.3 is 5.97 Å². The van der Waals surface area contributed by atoms with Crippen LogP contribution in [0.2, 0.25) is 0 Å². The van der Waals surface area contributed by atoms with Crippen LogP contribution in [-0.2, 0) is 6.42 Å². The quantitative estimate of drug-likeness (QED) is 0.852. The number of hydrogen-bond acceptors (Lipinski definition) is 3. The van der Waals surface area contributed by atoms with E-state index in [1.165, 1.54) is 0 Å². The molecule has 0 fully saturated rings. The summed E-state index contributed by atoms with van der Waals surface area (Å²) in [4.78, 5) is 22.6. The van der Waals surface area contributed by atoms with Gasteiger partial charge < -0.3 is 10.2 Å². The maximum absolute atomic E-state index is 13.7. The molecule has 0 saturated carbocycles. The second-order valence-electron chi connectivity index (χ2n) is 4.47. The number of halogens is 3. The van der Waals surface area contributed by atoms with Gasteiger partial charge in [0.25, 0.3) is 0 Å². The molecule has 2 aromatic carbocycles. The summed E-state index contributed by atoms with van der Waals surface area (Å²) in [6, 6.07) is 4.63. The van der Waals surface area contributed by atoms with Crippen molar-refractivity contribution in [2.24, 2.45) is 0 Å². The first kappa shape index (κ1) is 15.6. The number of aromatic hydroxyl groups is 1. The van der Waals surface area contributed by atoms with Crippen molar-refractivity contribution in [1.82, 2.24) is 0 Å². The highest BCUT2D eigenvalue weighted by molar-refractivity contribution is 5.98. The van der Waals surface area contributed by atoms with E-state index in [2.05, 4.69) is 0 Å². The molecule has 0 aliphatic carbocycles. The Bertz CT molecular complexity index is 772. The SMILES string of the molecule is O=C(O)c1ccc(CC(=O)c2ccc(O)c(F)c2F)c(F)c1. The van der Waals surface area contributed by atoms with Crippen molar-refractivity contribution in [3.63, 3.8) is 0 Å². The zero-order valence-corrected chi connectivity index (χ0v) is 10.9. The van der Waals surface area contributed by atoms with Crippen LogP contribution in [0.25, 0.3) is 0 Å². The first-order valence-corrected chi connectivity index (χ1v) is 6.03. The van der Waals surface area contributed by atoms with Crippen LogP contribution in [0.4, 0.5) is 13.2 Å². The highest BCUT2D eigenvalue weighted by atomic mass is 19.2. The van der Waals surface area contributed by atoms with Crippen LogP contribution in [0.5, 0.6) is 5.75 Å². The summed E-state index contributed by atoms with van der Waals surface area (Å²) in [5.41, 5.74) is -1.07. The Balaban J connectivity index is 2.30. The van der Waals surface area contributed by atoms with Crippen LogP contribution in [0.15, 0.2) is 30.3 Å². The summed E-state index contributed by atoms with van der Waals surface area (Å²) >= 11 is 0. The van der Waals surface area contributed by atoms with Gasteiger partial charge in [0.05, 0.1) is 11.1 Å². The fourth-order valence-corrected chi connectivity index (χ4v) is 1.85. The van der Waals surface area contributed by atoms with Gasteiger partial charge in [0.1, 0.15) is 5.82 Å². The van der Waals surface area contributed by atoms with Crippen LogP contribution in [0.3, 0.4) is 0 Å². The average molecular weight is 310 g/mol. The molecule has 0 unspecified atom stereocenters. The van der Waals surface area contributed by atoms with Crippen LogP contribution in [-0.4, -0.2) is 22.0 Å². The van der Waals surface area contributed by atoms with Crippen molar-refractivity contribution in [3.8, 4) is 5.75 Å². The van der Waals surface area contributed by atoms with Crippen molar-refractivity contribution in [1.29, 1.82) is 0 Å². The number of hydrogen-bond donors (Lipinski definition) is 2. The van der Waals surface area contributed by atoms with Crippen molar-refractivity contribution in [2.75, 3.05) is 0 Å². The van der Waals surface area contributed by atoms with Gasteiger partial charge in [-0.05, 0) is 29.8 Å². The maximum Gasteiger partial charge on any atom is 0.335 e. The molecule has 114 valence electrons. The third kappa shape index (κ3) is 2.93. The third-order valence-electron chi connectivity index (χ3n) is 3.01. The molecule has 0 radical (unpaired) electrons. The lowest BCUT2D eigenvalue weighted by molar-refractivity contribution is 0.0696. The lowest BCUT2D eigenvalue weighted by Crippen LogP contribution is -2.09. The molecule has 0 spiro atoms. The molecule has 0 heterocycles. The van der Waals surface area contributed by atoms with E-state index in [1.807, 2.05) is 0 Å². The Hall–Kier alpha value is -2.83. The van der Waals surface area contributed by atoms with E-state index in [0.29, 0.717) is 0 Å². The molecule has 4 nitrogen and oxygen atoms in total. The molecular weight excluding hydrogens is 301 g/mol. The number of carboxylic acid groups (broad SMARTS) is 1. The van der Waals surface area contributed by atoms with Gasteiger partial charge in [-0.1, -0.05) is 6.07 Å². The molecular formula is C15H9F3O4. The fourth-order valence-electron chi connectivity index (χ4n) is 1.85. The number of carbonyl (C=O) groups excluding carboxylic acids is 1. The third-order valence-corrected chi connectivity index (χ3v) is 3.01. The number of carboxylic acids is 1. The number of carbonyl (C=O) groups is 2. The standard InChI is InChI=1S/C15H9F3O4/c16-10-5-8(15(21)22)2-1-7(10)6-12(20)9-3-4-11(19)14(18)13(9)17/h1-5,19H,6H2,(H,21,22). The van der Waals surface area contributed by atoms with Gasteiger partial charge in [0.2, 0.25) is 5.82 Å². The van der Waals surface area contributed by atoms with Crippen LogP contribution < -0.4 is 0 Å². The number of ketones is 1. The topological polar surface area (TPSA) is 74.6 Å². The minimum atomic E-state index is -1.56. The fraction of sp³-hybridized carbons (Fsp3) is 0.0667. The first-order chi connectivity index (χ1) is 10.3. The van der Waals surface area contributed by atoms with Crippen LogP contribution in [0.1, 0.15) is 26.3 Å². The molecule has 22 heavy (non-hydrogen) atoms. The molecule has 2 rings (SSSR count). The summed E-state index contributed by atoms with van der Waals surface area (Å²) in [5.74, 6) is -7.19. The summed E-state index contributed by atoms with van der Waals surface area (Å²) in [6.07, 6.45) is -0.577. The molecule has 2 aromatic rings. The van der Waals surface area contributed by atoms with Gasteiger partial charge in [0, 0.05) is 6.42 Å². The average Bonchev–Trinajstić information content (AvgIpc) is 2.46. The summed E-state index contributed by atoms with van der Waals surface area (Å²) in [6.45, 7) is 0. The Morgan fingerprint density at radius 1 is 1.00 bits per heavy atom. The van der Waals surface area contributed by atoms with Crippen molar-refractivity contribution in [3.05, 3.63) is 64.5 Å². The molecule has 0 aliphatic heterocycles. The van der Waals surface area contributed by atoms with Crippen molar-refractivity contribution >= 4 is 11.8 Å². The van der Waals surface area contributed by atoms with E-state index in [0.717, 1.165) is 30.3 Å². The number of benzene rings is 2. The molecule has 0 aromatic heterocycles. The van der Waals surface area contributed by atoms with E-state index < -0.39 is 46.9 Å². The second-order valence-corrected chi connectivity index (χ2v) is 4.47. The van der Waals surface area contributed by atoms with Gasteiger partial charge in [-0.2, -0.15) is 4.39 Å². The highest BCUT2D eigenvalue weighted by Crippen LogP contribution is 2.23. The lowest BCUT2D eigenvalue weighted by Gasteiger charge is -2.06. The van der Waals surface area contributed by atoms with Crippen molar-refractivity contribution < 1.29 is 33.0 Å². The smallest absolute Gasteiger partial charge is 0.335 e. The van der Waals surface area contributed by atoms with Crippen LogP contribution in [0, 0.1) is 17.5 Å². The molecule has 0 atom stereocenters. The Labute approximate surface area is 122 Å². The minimum absolute atomic E-state index is 0.150. The summed E-state index contributed by atoms with van der Waals surface area (Å²) in [5, 5.41) is 17.7. The molecule has 2 N–H and O–H groups in total. The maximum atomic E-state index is 13.7. The predicted molar refractivity (Wildman–Crippen MR) is 69.4 cm³/mol. The van der Waals surface area contributed by atoms with Crippen molar-refractivity contribution in [2.45, 2.75) is 6.42 Å². The summed E-state index contributed by atoms with van der Waals surface area (Å²) in [7, 11) is 0. The molecule has 0 saturated heterocycles. The van der Waals surface area contributed by atoms with E-state index >= 15 is 0 Å². The second kappa shape index (κ2) is 5.88. The summed E-state index contributed by atoms with van der Waals surface area (Å²) < 4.78 is 40.5. The van der Waals surface area contributed by atoms with E-state index in [9.17, 15) is 22.8 Å². The largest absolute Gasteiger partial charge is 0.505 e. The number of rotatable bonds is 4. The number of phenols is 1. The van der Waals surface area contributed by atoms with E-state index in [-0.39, 0.29) is 11.1 Å². The molecule has 7 heteroatoms. The molecule has 0 bridgehead atoms. The number of phenolic OH excluding ortho intramolecular Hbond substituents is 1. The monoisotopic (exact) mass is 310 g/mol. The number of aromatic carboxylic acids is 1. The van der Waals surface area contributed by atoms with E-state index in [1.54, 1.807) is 0 Å². The number of Topliss-reactive ketones (excluding diaryl/α,β-unsaturated/α-hetero) is 1. The molecule has 0 aliphatic rings. The lowest BCUT2D eigenvalue weighted by atomic mass is 10.0. The molecule has 0 amide bonds. The van der Waals surface area contributed by atoms with Gasteiger partial charge in [-0.15, -0.1) is 0 Å². The van der Waals surface area contributed by atoms with Gasteiger partial charge in [-0.3, -0.25) is 4.79 Å². The normalized spacial score (nSPS) is 10.5. The zero-order valence-electron chi connectivity index (χ0n) is 10.9. The van der Waals surface area contributed by atoms with Gasteiger partial charge in [0.15, 0.2) is 17.3 Å². The Kier molecular flexibility index (Phi) is 4.16. The minimum Gasteiger partial charge on any atom is -0.505 e. The Morgan fingerprint density at radius 2 is 1.68 bits per heavy atom. The first-order valence-electron chi connectivity index (χ1n) is 6.03. The highest BCUT2D eigenvalue weighted by Gasteiger charge is 2.20. The van der Waals surface area contributed by atoms with Gasteiger partial charge in [-0.25, -0.2) is 13.6 Å². The zero-order chi connectivity index (χ0) is 16.4. The van der Waals surface area contributed by atoms with Crippen LogP contribution >= 0.6 is 0 Å². The Morgan fingerprint density at radius 3 is 2.27 bits per heavy atom. The van der Waals surface area contributed by atoms with E-state index in [4.69, 9.17) is 10.2 Å². The predicted octanol–water partition coefficient (Wildman–Crippen LogP) is 2.93.